The zero-order valence-electron chi connectivity index (χ0n) is 9.83. The van der Waals surface area contributed by atoms with E-state index in [0.29, 0.717) is 28.2 Å². The molecule has 4 rings (SSSR count). The van der Waals surface area contributed by atoms with Crippen LogP contribution in [0.15, 0.2) is 6.07 Å². The molecule has 0 spiro atoms. The van der Waals surface area contributed by atoms with Crippen molar-refractivity contribution < 1.29 is 9.53 Å². The van der Waals surface area contributed by atoms with Gasteiger partial charge in [0.2, 0.25) is 0 Å². The summed E-state index contributed by atoms with van der Waals surface area (Å²) < 4.78 is 5.28. The van der Waals surface area contributed by atoms with Crippen LogP contribution in [0.4, 0.5) is 0 Å². The Kier molecular flexibility index (Phi) is 2.62. The highest BCUT2D eigenvalue weighted by atomic mass is 35.5. The topological polar surface area (TPSA) is 26.3 Å². The maximum absolute atomic E-state index is 11.3. The van der Waals surface area contributed by atoms with Crippen LogP contribution in [-0.4, -0.2) is 13.4 Å². The fraction of sp³-hybridized carbons (Fsp3) is 0.500. The molecule has 0 aromatic heterocycles. The van der Waals surface area contributed by atoms with Gasteiger partial charge in [-0.25, -0.2) is 0 Å². The van der Waals surface area contributed by atoms with Crippen molar-refractivity contribution in [3.63, 3.8) is 0 Å². The summed E-state index contributed by atoms with van der Waals surface area (Å²) in [5.74, 6) is 1.67. The molecule has 0 radical (unpaired) electrons. The summed E-state index contributed by atoms with van der Waals surface area (Å²) in [6.07, 6.45) is 5.77. The van der Waals surface area contributed by atoms with Gasteiger partial charge in [-0.05, 0) is 54.7 Å². The molecular formula is C14H15ClO2. The van der Waals surface area contributed by atoms with Crippen molar-refractivity contribution in [3.8, 4) is 5.75 Å². The van der Waals surface area contributed by atoms with Gasteiger partial charge in [-0.1, -0.05) is 11.6 Å². The first kappa shape index (κ1) is 11.1. The van der Waals surface area contributed by atoms with E-state index in [1.165, 1.54) is 36.8 Å². The van der Waals surface area contributed by atoms with Crippen LogP contribution < -0.4 is 4.74 Å². The maximum Gasteiger partial charge on any atom is 0.154 e. The van der Waals surface area contributed by atoms with E-state index in [2.05, 4.69) is 0 Å². The van der Waals surface area contributed by atoms with Gasteiger partial charge in [-0.2, -0.15) is 0 Å². The minimum atomic E-state index is 0.529. The molecule has 2 nitrogen and oxygen atoms in total. The molecule has 0 atom stereocenters. The van der Waals surface area contributed by atoms with E-state index in [1.807, 2.05) is 6.07 Å². The number of halogens is 1. The van der Waals surface area contributed by atoms with Gasteiger partial charge in [0.05, 0.1) is 17.7 Å². The monoisotopic (exact) mass is 250 g/mol. The van der Waals surface area contributed by atoms with Crippen LogP contribution in [0.1, 0.15) is 59.0 Å². The number of carbonyl (C=O) groups is 1. The summed E-state index contributed by atoms with van der Waals surface area (Å²) in [5.41, 5.74) is 3.19. The maximum atomic E-state index is 11.3. The minimum Gasteiger partial charge on any atom is -0.494 e. The lowest BCUT2D eigenvalue weighted by Gasteiger charge is -2.39. The normalized spacial score (nSPS) is 25.5. The average molecular weight is 251 g/mol. The van der Waals surface area contributed by atoms with Crippen molar-refractivity contribution in [2.45, 2.75) is 37.5 Å². The number of hydrogen-bond donors (Lipinski definition) is 0. The van der Waals surface area contributed by atoms with E-state index < -0.39 is 0 Å². The van der Waals surface area contributed by atoms with Gasteiger partial charge in [0.15, 0.2) is 6.29 Å². The minimum absolute atomic E-state index is 0.529. The smallest absolute Gasteiger partial charge is 0.154 e. The van der Waals surface area contributed by atoms with Crippen molar-refractivity contribution in [1.29, 1.82) is 0 Å². The van der Waals surface area contributed by atoms with E-state index in [9.17, 15) is 4.79 Å². The number of rotatable bonds is 2. The number of methoxy groups -OCH3 is 1. The quantitative estimate of drug-likeness (QED) is 0.744. The predicted octanol–water partition coefficient (Wildman–Crippen LogP) is 3.92. The predicted molar refractivity (Wildman–Crippen MR) is 67.3 cm³/mol. The van der Waals surface area contributed by atoms with E-state index >= 15 is 0 Å². The Hall–Kier alpha value is -1.02. The molecule has 3 aliphatic carbocycles. The summed E-state index contributed by atoms with van der Waals surface area (Å²) in [4.78, 5) is 11.3. The van der Waals surface area contributed by atoms with Gasteiger partial charge in [-0.15, -0.1) is 0 Å². The lowest BCUT2D eigenvalue weighted by molar-refractivity contribution is 0.111. The number of carbonyl (C=O) groups excluding carboxylic acids is 1. The van der Waals surface area contributed by atoms with Gasteiger partial charge >= 0.3 is 0 Å². The van der Waals surface area contributed by atoms with Crippen molar-refractivity contribution in [3.05, 3.63) is 27.8 Å². The highest BCUT2D eigenvalue weighted by molar-refractivity contribution is 6.32. The summed E-state index contributed by atoms with van der Waals surface area (Å²) in [7, 11) is 1.57. The molecule has 0 N–H and O–H groups in total. The molecule has 1 aromatic rings. The largest absolute Gasteiger partial charge is 0.494 e. The first-order valence-corrected chi connectivity index (χ1v) is 6.49. The standard InChI is InChI=1S/C14H15ClO2/c1-17-14-11(7-16)13-9-4-2-8(3-5-9)10(13)6-12(14)15/h6-9H,2-5H2,1H3. The van der Waals surface area contributed by atoms with Crippen LogP contribution in [0.25, 0.3) is 0 Å². The van der Waals surface area contributed by atoms with Crippen LogP contribution in [0.3, 0.4) is 0 Å². The summed E-state index contributed by atoms with van der Waals surface area (Å²) >= 11 is 6.20. The molecule has 1 aromatic carbocycles. The molecule has 2 bridgehead atoms. The van der Waals surface area contributed by atoms with E-state index in [-0.39, 0.29) is 0 Å². The first-order chi connectivity index (χ1) is 8.26. The Bertz CT molecular complexity index is 474. The van der Waals surface area contributed by atoms with Crippen LogP contribution in [-0.2, 0) is 0 Å². The van der Waals surface area contributed by atoms with Gasteiger partial charge in [0.1, 0.15) is 5.75 Å². The Morgan fingerprint density at radius 2 is 1.94 bits per heavy atom. The summed E-state index contributed by atoms with van der Waals surface area (Å²) in [5, 5.41) is 0.570. The fourth-order valence-electron chi connectivity index (χ4n) is 3.50. The summed E-state index contributed by atoms with van der Waals surface area (Å²) in [6.45, 7) is 0. The molecule has 0 saturated heterocycles. The number of benzene rings is 1. The second-order valence-corrected chi connectivity index (χ2v) is 5.38. The zero-order valence-corrected chi connectivity index (χ0v) is 10.6. The molecule has 0 unspecified atom stereocenters. The molecule has 0 aliphatic heterocycles. The highest BCUT2D eigenvalue weighted by Crippen LogP contribution is 2.52. The molecule has 1 saturated carbocycles. The average Bonchev–Trinajstić information content (AvgIpc) is 2.38. The number of aldehydes is 1. The highest BCUT2D eigenvalue weighted by Gasteiger charge is 2.36. The van der Waals surface area contributed by atoms with Crippen molar-refractivity contribution in [1.82, 2.24) is 0 Å². The van der Waals surface area contributed by atoms with E-state index in [4.69, 9.17) is 16.3 Å². The third-order valence-electron chi connectivity index (χ3n) is 4.24. The SMILES string of the molecule is COc1c(Cl)cc2c(c1C=O)C1CCC2CC1. The van der Waals surface area contributed by atoms with Gasteiger partial charge < -0.3 is 4.74 Å². The Labute approximate surface area is 106 Å². The van der Waals surface area contributed by atoms with E-state index in [1.54, 1.807) is 7.11 Å². The Morgan fingerprint density at radius 1 is 1.29 bits per heavy atom. The van der Waals surface area contributed by atoms with Crippen molar-refractivity contribution in [2.75, 3.05) is 7.11 Å². The fourth-order valence-corrected chi connectivity index (χ4v) is 3.79. The molecule has 90 valence electrons. The van der Waals surface area contributed by atoms with Crippen molar-refractivity contribution in [2.24, 2.45) is 0 Å². The third-order valence-corrected chi connectivity index (χ3v) is 4.52. The molecule has 17 heavy (non-hydrogen) atoms. The number of ether oxygens (including phenoxy) is 1. The van der Waals surface area contributed by atoms with Crippen LogP contribution in [0, 0.1) is 0 Å². The molecule has 3 aliphatic rings. The van der Waals surface area contributed by atoms with Gasteiger partial charge in [0, 0.05) is 0 Å². The van der Waals surface area contributed by atoms with Crippen LogP contribution in [0.5, 0.6) is 5.75 Å². The van der Waals surface area contributed by atoms with Crippen LogP contribution in [0.2, 0.25) is 5.02 Å². The lowest BCUT2D eigenvalue weighted by atomic mass is 9.66. The van der Waals surface area contributed by atoms with Gasteiger partial charge in [-0.3, -0.25) is 4.79 Å². The van der Waals surface area contributed by atoms with Gasteiger partial charge in [0.25, 0.3) is 0 Å². The third kappa shape index (κ3) is 1.50. The number of fused-ring (bicyclic) bond motifs is 2. The molecule has 3 heteroatoms. The Morgan fingerprint density at radius 3 is 2.53 bits per heavy atom. The lowest BCUT2D eigenvalue weighted by Crippen LogP contribution is -2.23. The molecule has 1 fully saturated rings. The number of hydrogen-bond acceptors (Lipinski definition) is 2. The Balaban J connectivity index is 2.28. The molecule has 0 amide bonds. The second kappa shape index (κ2) is 4.02. The zero-order chi connectivity index (χ0) is 12.0. The second-order valence-electron chi connectivity index (χ2n) is 4.97. The van der Waals surface area contributed by atoms with E-state index in [0.717, 1.165) is 6.29 Å². The first-order valence-electron chi connectivity index (χ1n) is 6.11. The molecule has 0 heterocycles. The van der Waals surface area contributed by atoms with Crippen molar-refractivity contribution >= 4 is 17.9 Å². The van der Waals surface area contributed by atoms with Crippen LogP contribution >= 0.6 is 11.6 Å². The summed E-state index contributed by atoms with van der Waals surface area (Å²) in [6, 6.07) is 2.01. The molecular weight excluding hydrogens is 236 g/mol.